The number of carbonyl (C=O) groups is 2. The number of methoxy groups -OCH3 is 1. The van der Waals surface area contributed by atoms with Crippen molar-refractivity contribution in [3.05, 3.63) is 74.6 Å². The maximum Gasteiger partial charge on any atom is 0.341 e. The first-order valence-electron chi connectivity index (χ1n) is 11.3. The molecule has 2 N–H and O–H groups in total. The summed E-state index contributed by atoms with van der Waals surface area (Å²) in [4.78, 5) is 29.2. The standard InChI is InChI=1S/C26H25N3O3S/c1-32-26(31)22-16-10-5-6-13-20(16)33-25(22)29-18-11-7-12-19(30)23(18)21(17(14-27)24(29)28)15-8-3-2-4-9-15/h2-4,8-9,21H,5-7,10-13,28H2,1H3/t21-/m0/s1. The number of anilines is 1. The highest BCUT2D eigenvalue weighted by Gasteiger charge is 2.42. The molecule has 2 aromatic rings. The smallest absolute Gasteiger partial charge is 0.341 e. The molecule has 0 saturated carbocycles. The van der Waals surface area contributed by atoms with Gasteiger partial charge in [0.15, 0.2) is 5.78 Å². The van der Waals surface area contributed by atoms with Crippen molar-refractivity contribution in [2.75, 3.05) is 12.0 Å². The third kappa shape index (κ3) is 3.37. The van der Waals surface area contributed by atoms with Gasteiger partial charge in [-0.3, -0.25) is 9.69 Å². The Morgan fingerprint density at radius 3 is 2.64 bits per heavy atom. The lowest BCUT2D eigenvalue weighted by Gasteiger charge is -2.39. The molecule has 0 saturated heterocycles. The van der Waals surface area contributed by atoms with Gasteiger partial charge >= 0.3 is 5.97 Å². The molecule has 0 bridgehead atoms. The zero-order valence-electron chi connectivity index (χ0n) is 18.5. The summed E-state index contributed by atoms with van der Waals surface area (Å²) >= 11 is 1.54. The van der Waals surface area contributed by atoms with Crippen LogP contribution in [0.1, 0.15) is 64.4 Å². The molecule has 1 aromatic heterocycles. The fourth-order valence-electron chi connectivity index (χ4n) is 5.32. The second-order valence-electron chi connectivity index (χ2n) is 8.61. The Morgan fingerprint density at radius 2 is 1.91 bits per heavy atom. The fourth-order valence-corrected chi connectivity index (χ4v) is 6.73. The van der Waals surface area contributed by atoms with Crippen LogP contribution < -0.4 is 10.6 Å². The van der Waals surface area contributed by atoms with Crippen LogP contribution >= 0.6 is 11.3 Å². The van der Waals surface area contributed by atoms with Crippen LogP contribution in [0.5, 0.6) is 0 Å². The van der Waals surface area contributed by atoms with Gasteiger partial charge in [0.25, 0.3) is 0 Å². The van der Waals surface area contributed by atoms with Gasteiger partial charge in [0, 0.05) is 22.6 Å². The number of esters is 1. The lowest BCUT2D eigenvalue weighted by molar-refractivity contribution is -0.116. The number of thiophene rings is 1. The summed E-state index contributed by atoms with van der Waals surface area (Å²) in [5.41, 5.74) is 10.9. The van der Waals surface area contributed by atoms with Crippen LogP contribution in [0, 0.1) is 11.3 Å². The quantitative estimate of drug-likeness (QED) is 0.667. The third-order valence-electron chi connectivity index (χ3n) is 6.79. The SMILES string of the molecule is COC(=O)c1c(N2C(N)=C(C#N)[C@H](c3ccccc3)C3=C2CCCC3=O)sc2c1CCCC2. The lowest BCUT2D eigenvalue weighted by Crippen LogP contribution is -2.39. The molecule has 0 radical (unpaired) electrons. The van der Waals surface area contributed by atoms with Crippen molar-refractivity contribution >= 4 is 28.1 Å². The number of ether oxygens (including phenoxy) is 1. The van der Waals surface area contributed by atoms with Gasteiger partial charge in [0.1, 0.15) is 10.8 Å². The molecule has 0 fully saturated rings. The number of carbonyl (C=O) groups excluding carboxylic acids is 2. The Balaban J connectivity index is 1.78. The molecule has 5 rings (SSSR count). The van der Waals surface area contributed by atoms with Crippen molar-refractivity contribution in [2.45, 2.75) is 50.9 Å². The largest absolute Gasteiger partial charge is 0.465 e. The summed E-state index contributed by atoms with van der Waals surface area (Å²) in [7, 11) is 1.38. The van der Waals surface area contributed by atoms with E-state index in [4.69, 9.17) is 10.5 Å². The monoisotopic (exact) mass is 459 g/mol. The van der Waals surface area contributed by atoms with E-state index in [1.807, 2.05) is 35.2 Å². The van der Waals surface area contributed by atoms with E-state index in [1.165, 1.54) is 18.4 Å². The molecule has 0 amide bonds. The number of nitriles is 1. The summed E-state index contributed by atoms with van der Waals surface area (Å²) in [6.07, 6.45) is 5.63. The molecule has 0 spiro atoms. The van der Waals surface area contributed by atoms with E-state index in [9.17, 15) is 14.9 Å². The van der Waals surface area contributed by atoms with Crippen LogP contribution in [-0.4, -0.2) is 18.9 Å². The zero-order valence-corrected chi connectivity index (χ0v) is 19.3. The highest BCUT2D eigenvalue weighted by molar-refractivity contribution is 7.16. The van der Waals surface area contributed by atoms with E-state index in [0.29, 0.717) is 46.8 Å². The number of fused-ring (bicyclic) bond motifs is 1. The number of rotatable bonds is 3. The Bertz CT molecular complexity index is 1250. The summed E-state index contributed by atoms with van der Waals surface area (Å²) in [5, 5.41) is 10.9. The van der Waals surface area contributed by atoms with Crippen LogP contribution in [-0.2, 0) is 22.4 Å². The molecular formula is C26H25N3O3S. The lowest BCUT2D eigenvalue weighted by atomic mass is 9.75. The van der Waals surface area contributed by atoms with Crippen LogP contribution in [0.2, 0.25) is 0 Å². The number of Topliss-reactive ketones (excluding diaryl/α,β-unsaturated/α-hetero) is 1. The van der Waals surface area contributed by atoms with Gasteiger partial charge in [-0.15, -0.1) is 11.3 Å². The Labute approximate surface area is 197 Å². The highest BCUT2D eigenvalue weighted by Crippen LogP contribution is 2.50. The topological polar surface area (TPSA) is 96.4 Å². The van der Waals surface area contributed by atoms with Crippen molar-refractivity contribution in [1.29, 1.82) is 5.26 Å². The van der Waals surface area contributed by atoms with Crippen LogP contribution in [0.25, 0.3) is 0 Å². The molecule has 6 nitrogen and oxygen atoms in total. The molecule has 3 aliphatic rings. The molecule has 7 heteroatoms. The third-order valence-corrected chi connectivity index (χ3v) is 8.07. The predicted octanol–water partition coefficient (Wildman–Crippen LogP) is 4.72. The van der Waals surface area contributed by atoms with Gasteiger partial charge < -0.3 is 10.5 Å². The van der Waals surface area contributed by atoms with Gasteiger partial charge in [-0.05, 0) is 49.7 Å². The van der Waals surface area contributed by atoms with E-state index in [1.54, 1.807) is 0 Å². The number of hydrogen-bond donors (Lipinski definition) is 1. The van der Waals surface area contributed by atoms with Crippen LogP contribution in [0.15, 0.2) is 53.0 Å². The predicted molar refractivity (Wildman–Crippen MR) is 127 cm³/mol. The first-order chi connectivity index (χ1) is 16.1. The summed E-state index contributed by atoms with van der Waals surface area (Å²) < 4.78 is 5.16. The van der Waals surface area contributed by atoms with E-state index >= 15 is 0 Å². The second-order valence-corrected chi connectivity index (χ2v) is 9.69. The molecule has 2 heterocycles. The minimum Gasteiger partial charge on any atom is -0.465 e. The maximum atomic E-state index is 13.3. The van der Waals surface area contributed by atoms with Gasteiger partial charge in [0.05, 0.1) is 30.2 Å². The average Bonchev–Trinajstić information content (AvgIpc) is 3.22. The summed E-state index contributed by atoms with van der Waals surface area (Å²) in [5.74, 6) is -0.559. The maximum absolute atomic E-state index is 13.3. The van der Waals surface area contributed by atoms with Crippen LogP contribution in [0.3, 0.4) is 0 Å². The number of allylic oxidation sites excluding steroid dienone is 3. The normalized spacial score (nSPS) is 20.3. The van der Waals surface area contributed by atoms with Gasteiger partial charge in [0.2, 0.25) is 0 Å². The Kier molecular flexibility index (Phi) is 5.55. The van der Waals surface area contributed by atoms with Crippen molar-refractivity contribution in [2.24, 2.45) is 5.73 Å². The van der Waals surface area contributed by atoms with Crippen LogP contribution in [0.4, 0.5) is 5.00 Å². The number of nitrogens with two attached hydrogens (primary N) is 1. The molecule has 168 valence electrons. The average molecular weight is 460 g/mol. The molecule has 2 aliphatic carbocycles. The summed E-state index contributed by atoms with van der Waals surface area (Å²) in [6.45, 7) is 0. The number of benzene rings is 1. The minimum absolute atomic E-state index is 0.0382. The first-order valence-corrected chi connectivity index (χ1v) is 12.1. The fraction of sp³-hybridized carbons (Fsp3) is 0.346. The zero-order chi connectivity index (χ0) is 23.1. The van der Waals surface area contributed by atoms with Crippen molar-refractivity contribution in [3.63, 3.8) is 0 Å². The van der Waals surface area contributed by atoms with Crippen molar-refractivity contribution in [3.8, 4) is 6.07 Å². The molecule has 1 aliphatic heterocycles. The molecule has 0 unspecified atom stereocenters. The molecule has 1 atom stereocenters. The first kappa shape index (κ1) is 21.5. The molecular weight excluding hydrogens is 434 g/mol. The second kappa shape index (κ2) is 8.53. The van der Waals surface area contributed by atoms with E-state index < -0.39 is 11.9 Å². The van der Waals surface area contributed by atoms with Crippen molar-refractivity contribution < 1.29 is 14.3 Å². The highest BCUT2D eigenvalue weighted by atomic mass is 32.1. The van der Waals surface area contributed by atoms with Gasteiger partial charge in [-0.25, -0.2) is 4.79 Å². The minimum atomic E-state index is -0.494. The van der Waals surface area contributed by atoms with E-state index in [0.717, 1.165) is 47.4 Å². The van der Waals surface area contributed by atoms with Gasteiger partial charge in [-0.1, -0.05) is 30.3 Å². The van der Waals surface area contributed by atoms with E-state index in [-0.39, 0.29) is 5.78 Å². The number of aryl methyl sites for hydroxylation is 1. The number of hydrogen-bond acceptors (Lipinski definition) is 7. The molecule has 33 heavy (non-hydrogen) atoms. The molecule has 1 aromatic carbocycles. The number of nitrogens with zero attached hydrogens (tertiary/aromatic N) is 2. The van der Waals surface area contributed by atoms with Gasteiger partial charge in [-0.2, -0.15) is 5.26 Å². The summed E-state index contributed by atoms with van der Waals surface area (Å²) in [6, 6.07) is 11.9. The van der Waals surface area contributed by atoms with Crippen molar-refractivity contribution in [1.82, 2.24) is 0 Å². The Hall–Kier alpha value is -3.37. The number of ketones is 1. The van der Waals surface area contributed by atoms with E-state index in [2.05, 4.69) is 6.07 Å². The Morgan fingerprint density at radius 1 is 1.15 bits per heavy atom.